The summed E-state index contributed by atoms with van der Waals surface area (Å²) in [5.41, 5.74) is 7.04. The number of aryl methyl sites for hydroxylation is 1. The molecule has 1 rings (SSSR count). The highest BCUT2D eigenvalue weighted by molar-refractivity contribution is 5.76. The number of carbonyl (C=O) groups is 1. The number of benzene rings is 1. The first-order chi connectivity index (χ1) is 7.85. The summed E-state index contributed by atoms with van der Waals surface area (Å²) in [5.74, 6) is -0.366. The first kappa shape index (κ1) is 13.0. The van der Waals surface area contributed by atoms with Crippen LogP contribution >= 0.6 is 0 Å². The summed E-state index contributed by atoms with van der Waals surface area (Å²) >= 11 is 0. The Bertz CT molecular complexity index is 472. The molecule has 0 aromatic heterocycles. The third-order valence-corrected chi connectivity index (χ3v) is 2.47. The molecule has 0 saturated carbocycles. The lowest BCUT2D eigenvalue weighted by atomic mass is 9.98. The Hall–Kier alpha value is -2.02. The van der Waals surface area contributed by atoms with Crippen molar-refractivity contribution >= 4 is 11.6 Å². The Kier molecular flexibility index (Phi) is 3.74. The van der Waals surface area contributed by atoms with Crippen molar-refractivity contribution < 1.29 is 4.79 Å². The van der Waals surface area contributed by atoms with Crippen LogP contribution in [0.3, 0.4) is 0 Å². The van der Waals surface area contributed by atoms with Crippen LogP contribution in [0, 0.1) is 18.3 Å². The van der Waals surface area contributed by atoms with E-state index in [4.69, 9.17) is 11.0 Å². The first-order valence-electron chi connectivity index (χ1n) is 5.42. The van der Waals surface area contributed by atoms with Crippen LogP contribution in [-0.2, 0) is 4.79 Å². The Balaban J connectivity index is 3.03. The maximum absolute atomic E-state index is 11.0. The number of nitrogens with zero attached hydrogens (tertiary/aromatic N) is 1. The Labute approximate surface area is 101 Å². The summed E-state index contributed by atoms with van der Waals surface area (Å²) in [6, 6.07) is 7.63. The average molecular weight is 231 g/mol. The molecule has 0 heterocycles. The van der Waals surface area contributed by atoms with Crippen molar-refractivity contribution in [2.75, 3.05) is 5.32 Å². The fourth-order valence-electron chi connectivity index (χ4n) is 1.75. The molecule has 1 aromatic rings. The maximum Gasteiger partial charge on any atom is 0.219 e. The number of hydrogen-bond acceptors (Lipinski definition) is 3. The number of nitrogens with one attached hydrogen (secondary N) is 1. The zero-order valence-electron chi connectivity index (χ0n) is 10.4. The van der Waals surface area contributed by atoms with Gasteiger partial charge in [0.2, 0.25) is 5.91 Å². The summed E-state index contributed by atoms with van der Waals surface area (Å²) in [6.07, 6.45) is 0.214. The van der Waals surface area contributed by atoms with Crippen LogP contribution in [0.2, 0.25) is 0 Å². The minimum Gasteiger partial charge on any atom is -0.378 e. The third kappa shape index (κ3) is 3.49. The molecule has 0 atom stereocenters. The molecule has 1 amide bonds. The Morgan fingerprint density at radius 2 is 2.18 bits per heavy atom. The molecule has 0 unspecified atom stereocenters. The van der Waals surface area contributed by atoms with E-state index in [1.165, 1.54) is 0 Å². The van der Waals surface area contributed by atoms with E-state index in [1.54, 1.807) is 6.07 Å². The average Bonchev–Trinajstić information content (AvgIpc) is 2.18. The second kappa shape index (κ2) is 4.88. The molecule has 4 nitrogen and oxygen atoms in total. The van der Waals surface area contributed by atoms with E-state index >= 15 is 0 Å². The standard InChI is InChI=1S/C13H17N3O/c1-9-5-4-6-10(8-14)12(9)16-13(2,3)7-11(15)17/h4-6,16H,7H2,1-3H3,(H2,15,17). The summed E-state index contributed by atoms with van der Waals surface area (Å²) in [6.45, 7) is 5.68. The summed E-state index contributed by atoms with van der Waals surface area (Å²) in [7, 11) is 0. The Morgan fingerprint density at radius 3 is 2.71 bits per heavy atom. The third-order valence-electron chi connectivity index (χ3n) is 2.47. The monoisotopic (exact) mass is 231 g/mol. The minimum atomic E-state index is -0.469. The van der Waals surface area contributed by atoms with Crippen molar-refractivity contribution in [2.45, 2.75) is 32.7 Å². The van der Waals surface area contributed by atoms with Gasteiger partial charge < -0.3 is 11.1 Å². The second-order valence-electron chi connectivity index (χ2n) is 4.76. The lowest BCUT2D eigenvalue weighted by Gasteiger charge is -2.27. The molecule has 0 aliphatic carbocycles. The zero-order chi connectivity index (χ0) is 13.1. The lowest BCUT2D eigenvalue weighted by Crippen LogP contribution is -2.36. The minimum absolute atomic E-state index is 0.214. The zero-order valence-corrected chi connectivity index (χ0v) is 10.4. The number of hydrogen-bond donors (Lipinski definition) is 2. The number of anilines is 1. The maximum atomic E-state index is 11.0. The van der Waals surface area contributed by atoms with E-state index in [0.29, 0.717) is 5.56 Å². The molecule has 3 N–H and O–H groups in total. The van der Waals surface area contributed by atoms with E-state index in [1.807, 2.05) is 32.9 Å². The van der Waals surface area contributed by atoms with Gasteiger partial charge in [0.25, 0.3) is 0 Å². The normalized spacial score (nSPS) is 10.7. The van der Waals surface area contributed by atoms with E-state index in [9.17, 15) is 4.79 Å². The highest BCUT2D eigenvalue weighted by atomic mass is 16.1. The van der Waals surface area contributed by atoms with Gasteiger partial charge in [-0.05, 0) is 32.4 Å². The molecule has 0 bridgehead atoms. The van der Waals surface area contributed by atoms with Gasteiger partial charge in [-0.1, -0.05) is 12.1 Å². The molecule has 90 valence electrons. The smallest absolute Gasteiger partial charge is 0.219 e. The van der Waals surface area contributed by atoms with Gasteiger partial charge in [-0.3, -0.25) is 4.79 Å². The molecule has 0 fully saturated rings. The van der Waals surface area contributed by atoms with Gasteiger partial charge in [-0.15, -0.1) is 0 Å². The summed E-state index contributed by atoms with van der Waals surface area (Å²) in [5, 5.41) is 12.3. The largest absolute Gasteiger partial charge is 0.378 e. The van der Waals surface area contributed by atoms with Crippen LogP contribution in [0.1, 0.15) is 31.4 Å². The summed E-state index contributed by atoms with van der Waals surface area (Å²) < 4.78 is 0. The van der Waals surface area contributed by atoms with Crippen molar-refractivity contribution in [1.29, 1.82) is 5.26 Å². The van der Waals surface area contributed by atoms with Crippen molar-refractivity contribution in [3.63, 3.8) is 0 Å². The van der Waals surface area contributed by atoms with Gasteiger partial charge in [-0.2, -0.15) is 5.26 Å². The molecule has 0 aliphatic rings. The van der Waals surface area contributed by atoms with E-state index in [0.717, 1.165) is 11.3 Å². The molecular weight excluding hydrogens is 214 g/mol. The van der Waals surface area contributed by atoms with Gasteiger partial charge in [0.05, 0.1) is 11.3 Å². The molecule has 0 aliphatic heterocycles. The summed E-state index contributed by atoms with van der Waals surface area (Å²) in [4.78, 5) is 11.0. The van der Waals surface area contributed by atoms with Crippen molar-refractivity contribution in [3.05, 3.63) is 29.3 Å². The van der Waals surface area contributed by atoms with Crippen molar-refractivity contribution in [1.82, 2.24) is 0 Å². The number of carbonyl (C=O) groups excluding carboxylic acids is 1. The number of para-hydroxylation sites is 1. The van der Waals surface area contributed by atoms with Gasteiger partial charge in [0.15, 0.2) is 0 Å². The molecule has 4 heteroatoms. The fraction of sp³-hybridized carbons (Fsp3) is 0.385. The lowest BCUT2D eigenvalue weighted by molar-refractivity contribution is -0.118. The predicted octanol–water partition coefficient (Wildman–Crippen LogP) is 1.93. The van der Waals surface area contributed by atoms with Crippen molar-refractivity contribution in [3.8, 4) is 6.07 Å². The van der Waals surface area contributed by atoms with Crippen LogP contribution in [0.4, 0.5) is 5.69 Å². The molecule has 0 saturated heterocycles. The van der Waals surface area contributed by atoms with E-state index < -0.39 is 5.54 Å². The topological polar surface area (TPSA) is 78.9 Å². The quantitative estimate of drug-likeness (QED) is 0.831. The van der Waals surface area contributed by atoms with Crippen molar-refractivity contribution in [2.24, 2.45) is 5.73 Å². The fourth-order valence-corrected chi connectivity index (χ4v) is 1.75. The number of nitrogens with two attached hydrogens (primary N) is 1. The molecule has 1 aromatic carbocycles. The predicted molar refractivity (Wildman–Crippen MR) is 67.4 cm³/mol. The highest BCUT2D eigenvalue weighted by Gasteiger charge is 2.22. The molecule has 0 spiro atoms. The van der Waals surface area contributed by atoms with Gasteiger partial charge in [0.1, 0.15) is 6.07 Å². The molecule has 17 heavy (non-hydrogen) atoms. The second-order valence-corrected chi connectivity index (χ2v) is 4.76. The number of rotatable bonds is 4. The first-order valence-corrected chi connectivity index (χ1v) is 5.42. The van der Waals surface area contributed by atoms with Crippen LogP contribution in [0.15, 0.2) is 18.2 Å². The van der Waals surface area contributed by atoms with Crippen LogP contribution in [0.5, 0.6) is 0 Å². The number of nitriles is 1. The van der Waals surface area contributed by atoms with Gasteiger partial charge >= 0.3 is 0 Å². The van der Waals surface area contributed by atoms with E-state index in [-0.39, 0.29) is 12.3 Å². The SMILES string of the molecule is Cc1cccc(C#N)c1NC(C)(C)CC(N)=O. The van der Waals surface area contributed by atoms with Gasteiger partial charge in [-0.25, -0.2) is 0 Å². The molecule has 0 radical (unpaired) electrons. The van der Waals surface area contributed by atoms with Gasteiger partial charge in [0, 0.05) is 12.0 Å². The molecular formula is C13H17N3O. The number of amides is 1. The van der Waals surface area contributed by atoms with Crippen LogP contribution < -0.4 is 11.1 Å². The van der Waals surface area contributed by atoms with Crippen LogP contribution in [0.25, 0.3) is 0 Å². The van der Waals surface area contributed by atoms with Crippen LogP contribution in [-0.4, -0.2) is 11.4 Å². The number of primary amides is 1. The highest BCUT2D eigenvalue weighted by Crippen LogP contribution is 2.25. The Morgan fingerprint density at radius 1 is 1.53 bits per heavy atom. The van der Waals surface area contributed by atoms with E-state index in [2.05, 4.69) is 11.4 Å².